The van der Waals surface area contributed by atoms with Crippen molar-refractivity contribution >= 4 is 18.4 Å². The van der Waals surface area contributed by atoms with Crippen molar-refractivity contribution in [3.8, 4) is 12.0 Å². The molecule has 0 radical (unpaired) electrons. The summed E-state index contributed by atoms with van der Waals surface area (Å²) in [6.07, 6.45) is 1.57. The highest BCUT2D eigenvalue weighted by Crippen LogP contribution is 2.27. The number of thiol groups is 1. The van der Waals surface area contributed by atoms with Crippen LogP contribution in [0.1, 0.15) is 15.9 Å². The summed E-state index contributed by atoms with van der Waals surface area (Å²) in [7, 11) is 0. The molecular formula is C14H9NO2S. The summed E-state index contributed by atoms with van der Waals surface area (Å²) in [5.41, 5.74) is 0.985. The van der Waals surface area contributed by atoms with E-state index in [1.165, 1.54) is 0 Å². The summed E-state index contributed by atoms with van der Waals surface area (Å²) in [6.45, 7) is 0. The molecule has 0 aliphatic heterocycles. The van der Waals surface area contributed by atoms with Crippen LogP contribution in [0.5, 0.6) is 5.75 Å². The van der Waals surface area contributed by atoms with Gasteiger partial charge in [0.2, 0.25) is 0 Å². The van der Waals surface area contributed by atoms with Crippen LogP contribution in [0.15, 0.2) is 53.4 Å². The van der Waals surface area contributed by atoms with Gasteiger partial charge in [0.1, 0.15) is 0 Å². The number of nitrogens with zero attached hydrogens (tertiary/aromatic N) is 1. The standard InChI is InChI=1S/C14H9NO2S/c15-9-17-12-8-4-7-11(14(12)18)13(16)10-5-2-1-3-6-10/h1-8,18H. The Morgan fingerprint density at radius 2 is 1.83 bits per heavy atom. The van der Waals surface area contributed by atoms with E-state index in [1.54, 1.807) is 48.7 Å². The molecule has 0 N–H and O–H groups in total. The number of hydrogen-bond donors (Lipinski definition) is 1. The van der Waals surface area contributed by atoms with E-state index in [0.29, 0.717) is 16.0 Å². The first-order valence-electron chi connectivity index (χ1n) is 5.21. The number of hydrogen-bond acceptors (Lipinski definition) is 4. The van der Waals surface area contributed by atoms with Gasteiger partial charge in [-0.25, -0.2) is 0 Å². The first-order valence-corrected chi connectivity index (χ1v) is 5.66. The van der Waals surface area contributed by atoms with E-state index >= 15 is 0 Å². The van der Waals surface area contributed by atoms with Crippen molar-refractivity contribution in [2.24, 2.45) is 0 Å². The fourth-order valence-corrected chi connectivity index (χ4v) is 1.88. The van der Waals surface area contributed by atoms with Gasteiger partial charge in [-0.05, 0) is 12.1 Å². The van der Waals surface area contributed by atoms with Crippen LogP contribution in [0.3, 0.4) is 0 Å². The van der Waals surface area contributed by atoms with Crippen molar-refractivity contribution in [3.05, 3.63) is 59.7 Å². The molecule has 0 atom stereocenters. The maximum absolute atomic E-state index is 12.2. The lowest BCUT2D eigenvalue weighted by molar-refractivity contribution is 0.103. The third-order valence-corrected chi connectivity index (χ3v) is 2.90. The molecule has 0 saturated carbocycles. The van der Waals surface area contributed by atoms with Crippen molar-refractivity contribution in [1.29, 1.82) is 5.26 Å². The molecule has 18 heavy (non-hydrogen) atoms. The van der Waals surface area contributed by atoms with Crippen LogP contribution in [0.4, 0.5) is 0 Å². The number of ketones is 1. The SMILES string of the molecule is N#COc1cccc(C(=O)c2ccccc2)c1S. The molecule has 0 bridgehead atoms. The Balaban J connectivity index is 2.44. The summed E-state index contributed by atoms with van der Waals surface area (Å²) in [5, 5.41) is 8.50. The van der Waals surface area contributed by atoms with E-state index in [4.69, 9.17) is 10.00 Å². The summed E-state index contributed by atoms with van der Waals surface area (Å²) in [5.74, 6) is 0.131. The minimum Gasteiger partial charge on any atom is -0.387 e. The number of ether oxygens (including phenoxy) is 1. The Morgan fingerprint density at radius 1 is 1.11 bits per heavy atom. The van der Waals surface area contributed by atoms with Crippen molar-refractivity contribution < 1.29 is 9.53 Å². The predicted molar refractivity (Wildman–Crippen MR) is 69.8 cm³/mol. The second-order valence-corrected chi connectivity index (χ2v) is 3.99. The molecule has 0 spiro atoms. The first-order chi connectivity index (χ1) is 8.74. The highest BCUT2D eigenvalue weighted by molar-refractivity contribution is 7.80. The summed E-state index contributed by atoms with van der Waals surface area (Å²) >= 11 is 4.24. The predicted octanol–water partition coefficient (Wildman–Crippen LogP) is 3.07. The molecule has 0 aliphatic rings. The number of carbonyl (C=O) groups is 1. The molecule has 3 nitrogen and oxygen atoms in total. The van der Waals surface area contributed by atoms with E-state index < -0.39 is 0 Å². The number of benzene rings is 2. The number of rotatable bonds is 3. The average molecular weight is 255 g/mol. The third-order valence-electron chi connectivity index (χ3n) is 2.44. The Kier molecular flexibility index (Phi) is 3.66. The van der Waals surface area contributed by atoms with Gasteiger partial charge in [0.15, 0.2) is 11.5 Å². The largest absolute Gasteiger partial charge is 0.387 e. The van der Waals surface area contributed by atoms with Crippen molar-refractivity contribution in [3.63, 3.8) is 0 Å². The monoisotopic (exact) mass is 255 g/mol. The molecule has 2 aromatic carbocycles. The van der Waals surface area contributed by atoms with Crippen molar-refractivity contribution in [2.75, 3.05) is 0 Å². The molecule has 0 amide bonds. The molecule has 0 aromatic heterocycles. The first kappa shape index (κ1) is 12.2. The Labute approximate surface area is 110 Å². The quantitative estimate of drug-likeness (QED) is 0.521. The fourth-order valence-electron chi connectivity index (χ4n) is 1.58. The van der Waals surface area contributed by atoms with Gasteiger partial charge in [0.25, 0.3) is 6.26 Å². The molecule has 0 unspecified atom stereocenters. The summed E-state index contributed by atoms with van der Waals surface area (Å²) < 4.78 is 4.74. The van der Waals surface area contributed by atoms with Gasteiger partial charge in [-0.15, -0.1) is 17.9 Å². The number of carbonyl (C=O) groups excluding carboxylic acids is 1. The zero-order valence-electron chi connectivity index (χ0n) is 9.33. The van der Waals surface area contributed by atoms with E-state index in [2.05, 4.69) is 12.6 Å². The highest BCUT2D eigenvalue weighted by atomic mass is 32.1. The molecule has 2 aromatic rings. The van der Waals surface area contributed by atoms with Gasteiger partial charge in [-0.2, -0.15) is 0 Å². The van der Waals surface area contributed by atoms with Crippen LogP contribution in [-0.4, -0.2) is 5.78 Å². The maximum Gasteiger partial charge on any atom is 0.292 e. The molecule has 0 saturated heterocycles. The Morgan fingerprint density at radius 3 is 2.50 bits per heavy atom. The zero-order chi connectivity index (χ0) is 13.0. The van der Waals surface area contributed by atoms with Crippen molar-refractivity contribution in [1.82, 2.24) is 0 Å². The topological polar surface area (TPSA) is 50.1 Å². The zero-order valence-corrected chi connectivity index (χ0v) is 10.2. The van der Waals surface area contributed by atoms with Gasteiger partial charge >= 0.3 is 0 Å². The van der Waals surface area contributed by atoms with Gasteiger partial charge < -0.3 is 4.74 Å². The van der Waals surface area contributed by atoms with Crippen LogP contribution < -0.4 is 4.74 Å². The minimum absolute atomic E-state index is 0.149. The normalized spacial score (nSPS) is 9.56. The summed E-state index contributed by atoms with van der Waals surface area (Å²) in [4.78, 5) is 12.6. The number of nitriles is 1. The Hall–Kier alpha value is -2.25. The molecular weight excluding hydrogens is 246 g/mol. The average Bonchev–Trinajstić information content (AvgIpc) is 2.42. The van der Waals surface area contributed by atoms with Gasteiger partial charge in [-0.3, -0.25) is 4.79 Å². The lowest BCUT2D eigenvalue weighted by Crippen LogP contribution is -2.03. The van der Waals surface area contributed by atoms with E-state index in [-0.39, 0.29) is 11.5 Å². The van der Waals surface area contributed by atoms with Crippen molar-refractivity contribution in [2.45, 2.75) is 4.90 Å². The highest BCUT2D eigenvalue weighted by Gasteiger charge is 2.14. The molecule has 2 rings (SSSR count). The molecule has 0 fully saturated rings. The van der Waals surface area contributed by atoms with Crippen LogP contribution in [0.2, 0.25) is 0 Å². The second-order valence-electron chi connectivity index (χ2n) is 3.54. The van der Waals surface area contributed by atoms with E-state index in [0.717, 1.165) is 0 Å². The van der Waals surface area contributed by atoms with Gasteiger partial charge in [0, 0.05) is 11.1 Å². The molecule has 0 aliphatic carbocycles. The van der Waals surface area contributed by atoms with E-state index in [9.17, 15) is 4.79 Å². The van der Waals surface area contributed by atoms with Crippen LogP contribution in [-0.2, 0) is 0 Å². The van der Waals surface area contributed by atoms with Crippen LogP contribution >= 0.6 is 12.6 Å². The van der Waals surface area contributed by atoms with E-state index in [1.807, 2.05) is 6.07 Å². The molecule has 88 valence electrons. The smallest absolute Gasteiger partial charge is 0.292 e. The lowest BCUT2D eigenvalue weighted by Gasteiger charge is -2.07. The Bertz CT molecular complexity index is 617. The summed E-state index contributed by atoms with van der Waals surface area (Å²) in [6, 6.07) is 13.8. The second kappa shape index (κ2) is 5.39. The minimum atomic E-state index is -0.149. The maximum atomic E-state index is 12.2. The fraction of sp³-hybridized carbons (Fsp3) is 0. The van der Waals surface area contributed by atoms with Gasteiger partial charge in [-0.1, -0.05) is 36.4 Å². The van der Waals surface area contributed by atoms with Crippen LogP contribution in [0, 0.1) is 11.5 Å². The van der Waals surface area contributed by atoms with Gasteiger partial charge in [0.05, 0.1) is 4.90 Å². The third kappa shape index (κ3) is 2.36. The molecule has 4 heteroatoms. The lowest BCUT2D eigenvalue weighted by atomic mass is 10.0. The molecule has 0 heterocycles. The van der Waals surface area contributed by atoms with Crippen LogP contribution in [0.25, 0.3) is 0 Å².